The molecule has 0 amide bonds. The molecule has 1 fully saturated rings. The van der Waals surface area contributed by atoms with Gasteiger partial charge in [-0.1, -0.05) is 18.7 Å². The molecule has 0 spiro atoms. The lowest BCUT2D eigenvalue weighted by Crippen LogP contribution is -2.34. The lowest BCUT2D eigenvalue weighted by molar-refractivity contribution is 0.0641. The molecule has 0 atom stereocenters. The van der Waals surface area contributed by atoms with Crippen LogP contribution < -0.4 is 0 Å². The summed E-state index contributed by atoms with van der Waals surface area (Å²) in [5.41, 5.74) is 1.72. The van der Waals surface area contributed by atoms with Gasteiger partial charge in [0.2, 0.25) is 0 Å². The van der Waals surface area contributed by atoms with Gasteiger partial charge in [-0.25, -0.2) is 4.39 Å². The summed E-state index contributed by atoms with van der Waals surface area (Å²) >= 11 is 0. The van der Waals surface area contributed by atoms with Crippen LogP contribution in [0.5, 0.6) is 0 Å². The minimum atomic E-state index is -0.220. The minimum Gasteiger partial charge on any atom is -0.378 e. The average Bonchev–Trinajstić information content (AvgIpc) is 2.29. The SMILES string of the molecule is C=C(c1cccc(F)c1)N1CCOCC1. The van der Waals surface area contributed by atoms with Crippen LogP contribution in [0.25, 0.3) is 5.70 Å². The molecule has 1 saturated heterocycles. The maximum absolute atomic E-state index is 13.0. The predicted molar refractivity (Wildman–Crippen MR) is 57.8 cm³/mol. The van der Waals surface area contributed by atoms with Crippen molar-refractivity contribution in [2.24, 2.45) is 0 Å². The molecule has 1 aliphatic rings. The van der Waals surface area contributed by atoms with Gasteiger partial charge in [-0.3, -0.25) is 0 Å². The van der Waals surface area contributed by atoms with Gasteiger partial charge in [0, 0.05) is 24.4 Å². The number of nitrogens with zero attached hydrogens (tertiary/aromatic N) is 1. The Balaban J connectivity index is 2.12. The standard InChI is InChI=1S/C12H14FNO/c1-10(14-5-7-15-8-6-14)11-3-2-4-12(13)9-11/h2-4,9H,1,5-8H2. The number of benzene rings is 1. The van der Waals surface area contributed by atoms with Crippen molar-refractivity contribution < 1.29 is 9.13 Å². The second-order valence-corrected chi connectivity index (χ2v) is 3.56. The first kappa shape index (κ1) is 10.2. The zero-order valence-electron chi connectivity index (χ0n) is 8.58. The van der Waals surface area contributed by atoms with E-state index in [2.05, 4.69) is 11.5 Å². The quantitative estimate of drug-likeness (QED) is 0.736. The van der Waals surface area contributed by atoms with Gasteiger partial charge in [0.05, 0.1) is 13.2 Å². The Kier molecular flexibility index (Phi) is 3.02. The van der Waals surface area contributed by atoms with Crippen LogP contribution in [0.15, 0.2) is 30.8 Å². The second-order valence-electron chi connectivity index (χ2n) is 3.56. The van der Waals surface area contributed by atoms with E-state index in [1.165, 1.54) is 12.1 Å². The third-order valence-electron chi connectivity index (χ3n) is 2.55. The summed E-state index contributed by atoms with van der Waals surface area (Å²) in [5.74, 6) is -0.220. The molecule has 1 heterocycles. The van der Waals surface area contributed by atoms with Gasteiger partial charge in [0.15, 0.2) is 0 Å². The van der Waals surface area contributed by atoms with Gasteiger partial charge >= 0.3 is 0 Å². The van der Waals surface area contributed by atoms with Crippen LogP contribution in [0, 0.1) is 5.82 Å². The lowest BCUT2D eigenvalue weighted by Gasteiger charge is -2.30. The molecule has 2 rings (SSSR count). The fraction of sp³-hybridized carbons (Fsp3) is 0.333. The van der Waals surface area contributed by atoms with E-state index in [1.54, 1.807) is 6.07 Å². The minimum absolute atomic E-state index is 0.220. The molecule has 0 radical (unpaired) electrons. The summed E-state index contributed by atoms with van der Waals surface area (Å²) in [5, 5.41) is 0. The van der Waals surface area contributed by atoms with E-state index in [-0.39, 0.29) is 5.82 Å². The first-order valence-corrected chi connectivity index (χ1v) is 5.05. The first-order chi connectivity index (χ1) is 7.27. The van der Waals surface area contributed by atoms with Crippen LogP contribution in [0.2, 0.25) is 0 Å². The van der Waals surface area contributed by atoms with Crippen molar-refractivity contribution >= 4 is 5.70 Å². The maximum atomic E-state index is 13.0. The Morgan fingerprint density at radius 2 is 2.07 bits per heavy atom. The molecule has 0 aromatic heterocycles. The number of morpholine rings is 1. The van der Waals surface area contributed by atoms with Crippen molar-refractivity contribution in [3.63, 3.8) is 0 Å². The third kappa shape index (κ3) is 2.36. The van der Waals surface area contributed by atoms with E-state index < -0.39 is 0 Å². The van der Waals surface area contributed by atoms with E-state index in [0.717, 1.165) is 24.4 Å². The van der Waals surface area contributed by atoms with Crippen molar-refractivity contribution in [1.82, 2.24) is 4.90 Å². The lowest BCUT2D eigenvalue weighted by atomic mass is 10.1. The van der Waals surface area contributed by atoms with Gasteiger partial charge in [-0.2, -0.15) is 0 Å². The number of hydrogen-bond acceptors (Lipinski definition) is 2. The van der Waals surface area contributed by atoms with Crippen molar-refractivity contribution in [2.75, 3.05) is 26.3 Å². The van der Waals surface area contributed by atoms with E-state index in [9.17, 15) is 4.39 Å². The predicted octanol–water partition coefficient (Wildman–Crippen LogP) is 2.13. The molecule has 80 valence electrons. The molecule has 1 aliphatic heterocycles. The van der Waals surface area contributed by atoms with Gasteiger partial charge in [0.1, 0.15) is 5.82 Å². The molecule has 0 unspecified atom stereocenters. The summed E-state index contributed by atoms with van der Waals surface area (Å²) in [4.78, 5) is 2.12. The zero-order chi connectivity index (χ0) is 10.7. The van der Waals surface area contributed by atoms with Gasteiger partial charge in [-0.15, -0.1) is 0 Å². The molecular weight excluding hydrogens is 193 g/mol. The van der Waals surface area contributed by atoms with Crippen LogP contribution >= 0.6 is 0 Å². The van der Waals surface area contributed by atoms with E-state index >= 15 is 0 Å². The summed E-state index contributed by atoms with van der Waals surface area (Å²) in [7, 11) is 0. The Labute approximate surface area is 89.0 Å². The van der Waals surface area contributed by atoms with Crippen molar-refractivity contribution in [1.29, 1.82) is 0 Å². The molecule has 2 nitrogen and oxygen atoms in total. The van der Waals surface area contributed by atoms with Crippen LogP contribution in [-0.4, -0.2) is 31.2 Å². The van der Waals surface area contributed by atoms with E-state index in [0.29, 0.717) is 13.2 Å². The smallest absolute Gasteiger partial charge is 0.123 e. The highest BCUT2D eigenvalue weighted by atomic mass is 19.1. The molecule has 1 aromatic rings. The van der Waals surface area contributed by atoms with Crippen LogP contribution in [-0.2, 0) is 4.74 Å². The van der Waals surface area contributed by atoms with Crippen LogP contribution in [0.4, 0.5) is 4.39 Å². The second kappa shape index (κ2) is 4.45. The Bertz CT molecular complexity index is 358. The normalized spacial score (nSPS) is 16.5. The summed E-state index contributed by atoms with van der Waals surface area (Å²) < 4.78 is 18.3. The Morgan fingerprint density at radius 3 is 2.73 bits per heavy atom. The van der Waals surface area contributed by atoms with Crippen molar-refractivity contribution in [2.45, 2.75) is 0 Å². The van der Waals surface area contributed by atoms with Gasteiger partial charge < -0.3 is 9.64 Å². The van der Waals surface area contributed by atoms with Gasteiger partial charge in [0.25, 0.3) is 0 Å². The summed E-state index contributed by atoms with van der Waals surface area (Å²) in [6, 6.07) is 6.53. The largest absolute Gasteiger partial charge is 0.378 e. The number of hydrogen-bond donors (Lipinski definition) is 0. The fourth-order valence-corrected chi connectivity index (χ4v) is 1.68. The Morgan fingerprint density at radius 1 is 1.33 bits per heavy atom. The zero-order valence-corrected chi connectivity index (χ0v) is 8.58. The monoisotopic (exact) mass is 207 g/mol. The van der Waals surface area contributed by atoms with E-state index in [1.807, 2.05) is 6.07 Å². The van der Waals surface area contributed by atoms with Gasteiger partial charge in [-0.05, 0) is 12.1 Å². The molecular formula is C12H14FNO. The molecule has 0 N–H and O–H groups in total. The first-order valence-electron chi connectivity index (χ1n) is 5.05. The fourth-order valence-electron chi connectivity index (χ4n) is 1.68. The molecule has 3 heteroatoms. The van der Waals surface area contributed by atoms with E-state index in [4.69, 9.17) is 4.74 Å². The molecule has 0 bridgehead atoms. The van der Waals surface area contributed by atoms with Crippen molar-refractivity contribution in [3.8, 4) is 0 Å². The Hall–Kier alpha value is -1.35. The highest BCUT2D eigenvalue weighted by Crippen LogP contribution is 2.18. The topological polar surface area (TPSA) is 12.5 Å². The average molecular weight is 207 g/mol. The highest BCUT2D eigenvalue weighted by Gasteiger charge is 2.13. The molecule has 0 aliphatic carbocycles. The summed E-state index contributed by atoms with van der Waals surface area (Å²) in [6.07, 6.45) is 0. The highest BCUT2D eigenvalue weighted by molar-refractivity contribution is 5.61. The van der Waals surface area contributed by atoms with Crippen molar-refractivity contribution in [3.05, 3.63) is 42.2 Å². The van der Waals surface area contributed by atoms with Crippen LogP contribution in [0.3, 0.4) is 0 Å². The molecule has 0 saturated carbocycles. The molecule has 1 aromatic carbocycles. The number of ether oxygens (including phenoxy) is 1. The summed E-state index contributed by atoms with van der Waals surface area (Å²) in [6.45, 7) is 7.08. The number of halogens is 1. The third-order valence-corrected chi connectivity index (χ3v) is 2.55. The number of rotatable bonds is 2. The molecule has 15 heavy (non-hydrogen) atoms. The van der Waals surface area contributed by atoms with Crippen LogP contribution in [0.1, 0.15) is 5.56 Å². The maximum Gasteiger partial charge on any atom is 0.123 e.